The van der Waals surface area contributed by atoms with Crippen LogP contribution < -0.4 is 10.6 Å². The third-order valence-corrected chi connectivity index (χ3v) is 5.89. The molecule has 0 aliphatic heterocycles. The van der Waals surface area contributed by atoms with Gasteiger partial charge in [0.05, 0.1) is 6.04 Å². The molecule has 196 valence electrons. The maximum absolute atomic E-state index is 13.4. The van der Waals surface area contributed by atoms with Gasteiger partial charge in [0.25, 0.3) is 0 Å². The Labute approximate surface area is 210 Å². The van der Waals surface area contributed by atoms with Crippen molar-refractivity contribution < 1.29 is 23.9 Å². The normalized spacial score (nSPS) is 13.3. The second kappa shape index (κ2) is 14.6. The molecule has 0 bridgehead atoms. The summed E-state index contributed by atoms with van der Waals surface area (Å²) < 4.78 is 5.41. The predicted octanol–water partition coefficient (Wildman–Crippen LogP) is 4.58. The van der Waals surface area contributed by atoms with E-state index in [2.05, 4.69) is 24.5 Å². The number of ketones is 1. The SMILES string of the molecule is CC(C)CCCCC(=O)N[C@@H](C)C(=O)N[C@@H](CC(C)C)C(=O)C(C)(C)C(=O)OCc1ccccc1. The summed E-state index contributed by atoms with van der Waals surface area (Å²) in [4.78, 5) is 51.2. The smallest absolute Gasteiger partial charge is 0.319 e. The Hall–Kier alpha value is -2.70. The number of amides is 2. The van der Waals surface area contributed by atoms with Crippen LogP contribution in [0.5, 0.6) is 0 Å². The molecule has 2 atom stereocenters. The lowest BCUT2D eigenvalue weighted by Gasteiger charge is -2.29. The topological polar surface area (TPSA) is 102 Å². The largest absolute Gasteiger partial charge is 0.460 e. The molecule has 7 heteroatoms. The summed E-state index contributed by atoms with van der Waals surface area (Å²) >= 11 is 0. The highest BCUT2D eigenvalue weighted by molar-refractivity contribution is 6.06. The highest BCUT2D eigenvalue weighted by Crippen LogP contribution is 2.24. The summed E-state index contributed by atoms with van der Waals surface area (Å²) in [6.07, 6.45) is 3.53. The van der Waals surface area contributed by atoms with Crippen molar-refractivity contribution in [2.24, 2.45) is 17.3 Å². The molecule has 0 saturated heterocycles. The fourth-order valence-corrected chi connectivity index (χ4v) is 3.66. The van der Waals surface area contributed by atoms with Crippen molar-refractivity contribution in [1.82, 2.24) is 10.6 Å². The molecule has 0 fully saturated rings. The predicted molar refractivity (Wildman–Crippen MR) is 137 cm³/mol. The minimum atomic E-state index is -1.44. The standard InChI is InChI=1S/C28H44N2O5/c1-19(2)13-11-12-16-24(31)29-21(5)26(33)30-23(17-20(3)4)25(32)28(6,7)27(34)35-18-22-14-9-8-10-15-22/h8-10,14-15,19-21,23H,11-13,16-18H2,1-7H3,(H,29,31)(H,30,33)/t21-,23-/m0/s1. The quantitative estimate of drug-likeness (QED) is 0.214. The van der Waals surface area contributed by atoms with E-state index in [1.54, 1.807) is 6.92 Å². The molecule has 0 spiro atoms. The van der Waals surface area contributed by atoms with E-state index in [1.165, 1.54) is 13.8 Å². The Morgan fingerprint density at radius 3 is 2.09 bits per heavy atom. The minimum Gasteiger partial charge on any atom is -0.460 e. The molecule has 1 aromatic carbocycles. The molecular weight excluding hydrogens is 444 g/mol. The molecule has 0 aromatic heterocycles. The van der Waals surface area contributed by atoms with E-state index in [0.29, 0.717) is 18.8 Å². The van der Waals surface area contributed by atoms with E-state index in [9.17, 15) is 19.2 Å². The first kappa shape index (κ1) is 30.3. The van der Waals surface area contributed by atoms with Gasteiger partial charge in [0.2, 0.25) is 11.8 Å². The van der Waals surface area contributed by atoms with Crippen molar-refractivity contribution in [2.45, 2.75) is 99.3 Å². The van der Waals surface area contributed by atoms with Crippen LogP contribution in [0.4, 0.5) is 0 Å². The Morgan fingerprint density at radius 2 is 1.51 bits per heavy atom. The van der Waals surface area contributed by atoms with Gasteiger partial charge in [-0.3, -0.25) is 19.2 Å². The van der Waals surface area contributed by atoms with Crippen molar-refractivity contribution >= 4 is 23.6 Å². The van der Waals surface area contributed by atoms with Crippen LogP contribution in [0.25, 0.3) is 0 Å². The van der Waals surface area contributed by atoms with Gasteiger partial charge < -0.3 is 15.4 Å². The van der Waals surface area contributed by atoms with Crippen molar-refractivity contribution in [1.29, 1.82) is 0 Å². The number of benzene rings is 1. The van der Waals surface area contributed by atoms with Crippen LogP contribution in [0.1, 0.15) is 86.1 Å². The van der Waals surface area contributed by atoms with E-state index >= 15 is 0 Å². The average molecular weight is 489 g/mol. The number of unbranched alkanes of at least 4 members (excludes halogenated alkanes) is 1. The molecular formula is C28H44N2O5. The zero-order valence-corrected chi connectivity index (χ0v) is 22.5. The summed E-state index contributed by atoms with van der Waals surface area (Å²) in [6.45, 7) is 12.9. The van der Waals surface area contributed by atoms with E-state index in [4.69, 9.17) is 4.74 Å². The maximum Gasteiger partial charge on any atom is 0.319 e. The first-order chi connectivity index (χ1) is 16.3. The third-order valence-electron chi connectivity index (χ3n) is 5.89. The number of carbonyl (C=O) groups excluding carboxylic acids is 4. The summed E-state index contributed by atoms with van der Waals surface area (Å²) in [5.74, 6) is -0.993. The lowest BCUT2D eigenvalue weighted by Crippen LogP contribution is -2.54. The van der Waals surface area contributed by atoms with Gasteiger partial charge in [-0.2, -0.15) is 0 Å². The Bertz CT molecular complexity index is 833. The maximum atomic E-state index is 13.4. The Morgan fingerprint density at radius 1 is 0.886 bits per heavy atom. The summed E-state index contributed by atoms with van der Waals surface area (Å²) in [5, 5.41) is 5.47. The fraction of sp³-hybridized carbons (Fsp3) is 0.643. The number of esters is 1. The van der Waals surface area contributed by atoms with Crippen LogP contribution >= 0.6 is 0 Å². The van der Waals surface area contributed by atoms with Gasteiger partial charge in [-0.05, 0) is 51.0 Å². The zero-order valence-electron chi connectivity index (χ0n) is 22.5. The summed E-state index contributed by atoms with van der Waals surface area (Å²) in [6, 6.07) is 7.58. The number of rotatable bonds is 15. The molecule has 0 aliphatic rings. The number of carbonyl (C=O) groups is 4. The molecule has 0 unspecified atom stereocenters. The van der Waals surface area contributed by atoms with E-state index in [-0.39, 0.29) is 18.4 Å². The summed E-state index contributed by atoms with van der Waals surface area (Å²) in [5.41, 5.74) is -0.616. The van der Waals surface area contributed by atoms with Crippen molar-refractivity contribution in [2.75, 3.05) is 0 Å². The second-order valence-electron chi connectivity index (χ2n) is 10.7. The van der Waals surface area contributed by atoms with E-state index in [1.807, 2.05) is 44.2 Å². The lowest BCUT2D eigenvalue weighted by molar-refractivity contribution is -0.160. The molecule has 7 nitrogen and oxygen atoms in total. The molecule has 1 aromatic rings. The minimum absolute atomic E-state index is 0.0673. The highest BCUT2D eigenvalue weighted by atomic mass is 16.5. The molecule has 0 heterocycles. The van der Waals surface area contributed by atoms with Gasteiger partial charge in [0.15, 0.2) is 5.78 Å². The molecule has 0 aliphatic carbocycles. The number of nitrogens with one attached hydrogen (secondary N) is 2. The van der Waals surface area contributed by atoms with E-state index in [0.717, 1.165) is 24.8 Å². The first-order valence-corrected chi connectivity index (χ1v) is 12.7. The van der Waals surface area contributed by atoms with Gasteiger partial charge in [0.1, 0.15) is 18.1 Å². The van der Waals surface area contributed by atoms with Crippen LogP contribution in [-0.4, -0.2) is 35.7 Å². The van der Waals surface area contributed by atoms with Gasteiger partial charge in [0, 0.05) is 6.42 Å². The molecule has 2 N–H and O–H groups in total. The van der Waals surface area contributed by atoms with Gasteiger partial charge in [-0.25, -0.2) is 0 Å². The number of hydrogen-bond donors (Lipinski definition) is 2. The van der Waals surface area contributed by atoms with Gasteiger partial charge in [-0.1, -0.05) is 70.9 Å². The Kier molecular flexibility index (Phi) is 12.7. The van der Waals surface area contributed by atoms with Crippen molar-refractivity contribution in [3.8, 4) is 0 Å². The van der Waals surface area contributed by atoms with Crippen molar-refractivity contribution in [3.63, 3.8) is 0 Å². The molecule has 35 heavy (non-hydrogen) atoms. The summed E-state index contributed by atoms with van der Waals surface area (Å²) in [7, 11) is 0. The van der Waals surface area contributed by atoms with Crippen molar-refractivity contribution in [3.05, 3.63) is 35.9 Å². The lowest BCUT2D eigenvalue weighted by atomic mass is 9.81. The average Bonchev–Trinajstić information content (AvgIpc) is 2.79. The fourth-order valence-electron chi connectivity index (χ4n) is 3.66. The second-order valence-corrected chi connectivity index (χ2v) is 10.7. The van der Waals surface area contributed by atoms with Crippen LogP contribution in [-0.2, 0) is 30.5 Å². The Balaban J connectivity index is 2.73. The molecule has 2 amide bonds. The van der Waals surface area contributed by atoms with Gasteiger partial charge in [-0.15, -0.1) is 0 Å². The zero-order chi connectivity index (χ0) is 26.6. The van der Waals surface area contributed by atoms with Crippen LogP contribution in [0.15, 0.2) is 30.3 Å². The van der Waals surface area contributed by atoms with Crippen LogP contribution in [0, 0.1) is 17.3 Å². The third kappa shape index (κ3) is 11.1. The van der Waals surface area contributed by atoms with Crippen LogP contribution in [0.2, 0.25) is 0 Å². The highest BCUT2D eigenvalue weighted by Gasteiger charge is 2.42. The van der Waals surface area contributed by atoms with E-state index < -0.39 is 35.2 Å². The molecule has 0 saturated carbocycles. The number of Topliss-reactive ketones (excluding diaryl/α,β-unsaturated/α-hetero) is 1. The van der Waals surface area contributed by atoms with Crippen LogP contribution in [0.3, 0.4) is 0 Å². The number of ether oxygens (including phenoxy) is 1. The van der Waals surface area contributed by atoms with Gasteiger partial charge >= 0.3 is 5.97 Å². The molecule has 0 radical (unpaired) electrons. The molecule has 1 rings (SSSR count). The monoisotopic (exact) mass is 488 g/mol. The number of hydrogen-bond acceptors (Lipinski definition) is 5. The first-order valence-electron chi connectivity index (χ1n) is 12.7.